The molecule has 6 rings (SSSR count). The Hall–Kier alpha value is -5.47. The second kappa shape index (κ2) is 12.6. The van der Waals surface area contributed by atoms with Crippen molar-refractivity contribution in [2.24, 2.45) is 0 Å². The third-order valence-corrected chi connectivity index (χ3v) is 7.78. The van der Waals surface area contributed by atoms with Crippen molar-refractivity contribution in [2.45, 2.75) is 25.7 Å². The van der Waals surface area contributed by atoms with E-state index >= 15 is 0 Å². The monoisotopic (exact) mass is 564 g/mol. The zero-order valence-electron chi connectivity index (χ0n) is 24.0. The van der Waals surface area contributed by atoms with Gasteiger partial charge in [-0.05, 0) is 71.0 Å². The molecule has 1 unspecified atom stereocenters. The highest BCUT2D eigenvalue weighted by Gasteiger charge is 2.33. The number of ether oxygens (including phenoxy) is 3. The van der Waals surface area contributed by atoms with Crippen molar-refractivity contribution in [1.29, 1.82) is 5.26 Å². The van der Waals surface area contributed by atoms with Crippen LogP contribution in [0.4, 0.5) is 0 Å². The third-order valence-electron chi connectivity index (χ3n) is 7.78. The smallest absolute Gasteiger partial charge is 0.174 e. The second-order valence-corrected chi connectivity index (χ2v) is 10.5. The fourth-order valence-electron chi connectivity index (χ4n) is 5.42. The maximum Gasteiger partial charge on any atom is 0.174 e. The summed E-state index contributed by atoms with van der Waals surface area (Å²) in [6.45, 7) is 3.07. The highest BCUT2D eigenvalue weighted by atomic mass is 16.5. The van der Waals surface area contributed by atoms with Gasteiger partial charge in [0.05, 0.1) is 5.54 Å². The first-order valence-electron chi connectivity index (χ1n) is 14.3. The van der Waals surface area contributed by atoms with Gasteiger partial charge in [0.25, 0.3) is 0 Å². The topological polar surface area (TPSA) is 56.4 Å². The Kier molecular flexibility index (Phi) is 8.10. The molecule has 0 aliphatic carbocycles. The van der Waals surface area contributed by atoms with Crippen LogP contribution >= 0.6 is 0 Å². The van der Waals surface area contributed by atoms with Gasteiger partial charge in [0.2, 0.25) is 0 Å². The van der Waals surface area contributed by atoms with Crippen LogP contribution < -0.4 is 14.2 Å². The Balaban J connectivity index is 1.44. The zero-order valence-corrected chi connectivity index (χ0v) is 24.0. The van der Waals surface area contributed by atoms with E-state index in [1.54, 1.807) is 0 Å². The Labute approximate surface area is 252 Å². The van der Waals surface area contributed by atoms with Crippen LogP contribution in [0, 0.1) is 11.3 Å². The van der Waals surface area contributed by atoms with Crippen LogP contribution in [0.1, 0.15) is 29.2 Å². The summed E-state index contributed by atoms with van der Waals surface area (Å²) in [5.41, 5.74) is 4.77. The maximum absolute atomic E-state index is 8.95. The number of nitriles is 1. The molecule has 1 aromatic heterocycles. The maximum atomic E-state index is 8.95. The van der Waals surface area contributed by atoms with E-state index in [1.165, 1.54) is 0 Å². The number of aromatic nitrogens is 1. The van der Waals surface area contributed by atoms with Gasteiger partial charge in [-0.1, -0.05) is 97.1 Å². The highest BCUT2D eigenvalue weighted by Crippen LogP contribution is 2.41. The van der Waals surface area contributed by atoms with Gasteiger partial charge in [0.15, 0.2) is 18.1 Å². The molecule has 0 bridgehead atoms. The molecular formula is C38H32N2O3. The summed E-state index contributed by atoms with van der Waals surface area (Å²) >= 11 is 0. The van der Waals surface area contributed by atoms with E-state index in [0.717, 1.165) is 33.2 Å². The van der Waals surface area contributed by atoms with Crippen LogP contribution in [-0.2, 0) is 18.8 Å². The normalized spacial score (nSPS) is 12.3. The second-order valence-electron chi connectivity index (χ2n) is 10.5. The minimum Gasteiger partial charge on any atom is -0.485 e. The summed E-state index contributed by atoms with van der Waals surface area (Å²) < 4.78 is 20.6. The first-order chi connectivity index (χ1) is 21.1. The Morgan fingerprint density at radius 1 is 0.628 bits per heavy atom. The molecule has 0 N–H and O–H groups in total. The molecule has 43 heavy (non-hydrogen) atoms. The fraction of sp³-hybridized carbons (Fsp3) is 0.132. The van der Waals surface area contributed by atoms with Crippen LogP contribution in [0.5, 0.6) is 17.2 Å². The first kappa shape index (κ1) is 27.7. The predicted octanol–water partition coefficient (Wildman–Crippen LogP) is 8.51. The third kappa shape index (κ3) is 5.95. The van der Waals surface area contributed by atoms with Crippen molar-refractivity contribution < 1.29 is 14.2 Å². The SMILES string of the molecule is CC(c1ccc(OCC#N)cc1)(c1ccc(OCc2ccccc2)c(OCc2ccccc2)c1)n1ccc2ccccc21. The summed E-state index contributed by atoms with van der Waals surface area (Å²) in [6.07, 6.45) is 2.13. The van der Waals surface area contributed by atoms with E-state index in [9.17, 15) is 0 Å². The number of fused-ring (bicyclic) bond motifs is 1. The number of rotatable bonds is 11. The lowest BCUT2D eigenvalue weighted by Crippen LogP contribution is -2.32. The minimum atomic E-state index is -0.611. The lowest BCUT2D eigenvalue weighted by Gasteiger charge is -2.34. The van der Waals surface area contributed by atoms with Gasteiger partial charge in [-0.3, -0.25) is 0 Å². The average molecular weight is 565 g/mol. The van der Waals surface area contributed by atoms with E-state index in [-0.39, 0.29) is 6.61 Å². The molecule has 0 saturated carbocycles. The zero-order chi connectivity index (χ0) is 29.5. The highest BCUT2D eigenvalue weighted by molar-refractivity contribution is 5.81. The number of nitrogens with zero attached hydrogens (tertiary/aromatic N) is 2. The van der Waals surface area contributed by atoms with Crippen LogP contribution in [0.2, 0.25) is 0 Å². The van der Waals surface area contributed by atoms with Gasteiger partial charge in [0, 0.05) is 11.7 Å². The lowest BCUT2D eigenvalue weighted by molar-refractivity contribution is 0.255. The van der Waals surface area contributed by atoms with E-state index in [2.05, 4.69) is 96.6 Å². The summed E-state index contributed by atoms with van der Waals surface area (Å²) in [4.78, 5) is 0. The lowest BCUT2D eigenvalue weighted by atomic mass is 9.83. The summed E-state index contributed by atoms with van der Waals surface area (Å²) in [7, 11) is 0. The Bertz CT molecular complexity index is 1840. The van der Waals surface area contributed by atoms with Crippen molar-refractivity contribution >= 4 is 10.9 Å². The van der Waals surface area contributed by atoms with Crippen LogP contribution in [0.25, 0.3) is 10.9 Å². The van der Waals surface area contributed by atoms with Crippen LogP contribution in [0.3, 0.4) is 0 Å². The largest absolute Gasteiger partial charge is 0.485 e. The summed E-state index contributed by atoms with van der Waals surface area (Å²) in [5.74, 6) is 2.01. The van der Waals surface area contributed by atoms with Gasteiger partial charge in [0.1, 0.15) is 25.0 Å². The molecule has 0 spiro atoms. The van der Waals surface area contributed by atoms with Crippen molar-refractivity contribution in [3.05, 3.63) is 162 Å². The molecule has 1 heterocycles. The van der Waals surface area contributed by atoms with Gasteiger partial charge < -0.3 is 18.8 Å². The first-order valence-corrected chi connectivity index (χ1v) is 14.3. The summed E-state index contributed by atoms with van der Waals surface area (Å²) in [5, 5.41) is 10.1. The van der Waals surface area contributed by atoms with Crippen molar-refractivity contribution in [2.75, 3.05) is 6.61 Å². The quantitative estimate of drug-likeness (QED) is 0.158. The van der Waals surface area contributed by atoms with Crippen LogP contribution in [-0.4, -0.2) is 11.2 Å². The molecular weight excluding hydrogens is 532 g/mol. The molecule has 0 aliphatic rings. The molecule has 0 saturated heterocycles. The number of hydrogen-bond acceptors (Lipinski definition) is 4. The fourth-order valence-corrected chi connectivity index (χ4v) is 5.42. The predicted molar refractivity (Wildman–Crippen MR) is 169 cm³/mol. The average Bonchev–Trinajstić information content (AvgIpc) is 3.51. The molecule has 0 fully saturated rings. The van der Waals surface area contributed by atoms with Crippen molar-refractivity contribution in [3.8, 4) is 23.3 Å². The Morgan fingerprint density at radius 3 is 1.91 bits per heavy atom. The molecule has 212 valence electrons. The molecule has 5 aromatic carbocycles. The van der Waals surface area contributed by atoms with E-state index in [1.807, 2.05) is 60.7 Å². The van der Waals surface area contributed by atoms with Crippen molar-refractivity contribution in [1.82, 2.24) is 4.57 Å². The Morgan fingerprint density at radius 2 is 1.23 bits per heavy atom. The molecule has 5 heteroatoms. The van der Waals surface area contributed by atoms with Gasteiger partial charge in [-0.15, -0.1) is 0 Å². The standard InChI is InChI=1S/C38H32N2O3/c1-38(32-16-19-34(20-17-32)41-25-23-39,40-24-22-31-14-8-9-15-35(31)40)33-18-21-36(42-27-29-10-4-2-5-11-29)37(26-33)43-28-30-12-6-3-7-13-30/h2-22,24,26H,25,27-28H2,1H3. The molecule has 5 nitrogen and oxygen atoms in total. The van der Waals surface area contributed by atoms with Gasteiger partial charge >= 0.3 is 0 Å². The van der Waals surface area contributed by atoms with Crippen LogP contribution in [0.15, 0.2) is 140 Å². The summed E-state index contributed by atoms with van der Waals surface area (Å²) in [6, 6.07) is 47.0. The number of hydrogen-bond donors (Lipinski definition) is 0. The van der Waals surface area contributed by atoms with E-state index < -0.39 is 5.54 Å². The minimum absolute atomic E-state index is 0.00537. The van der Waals surface area contributed by atoms with E-state index in [4.69, 9.17) is 19.5 Å². The molecule has 0 amide bonds. The number of benzene rings is 5. The van der Waals surface area contributed by atoms with Gasteiger partial charge in [-0.2, -0.15) is 5.26 Å². The molecule has 0 aliphatic heterocycles. The molecule has 1 atom stereocenters. The van der Waals surface area contributed by atoms with E-state index in [0.29, 0.717) is 30.5 Å². The molecule has 0 radical (unpaired) electrons. The van der Waals surface area contributed by atoms with Gasteiger partial charge in [-0.25, -0.2) is 0 Å². The molecule has 6 aromatic rings. The number of para-hydroxylation sites is 1. The van der Waals surface area contributed by atoms with Crippen molar-refractivity contribution in [3.63, 3.8) is 0 Å².